The van der Waals surface area contributed by atoms with Gasteiger partial charge in [0.15, 0.2) is 0 Å². The van der Waals surface area contributed by atoms with Crippen molar-refractivity contribution >= 4 is 0 Å². The molecule has 0 saturated carbocycles. The SMILES string of the molecule is CCCCCCCCCC(C)=C(C)C. The Morgan fingerprint density at radius 1 is 0.714 bits per heavy atom. The molecule has 0 aliphatic carbocycles. The van der Waals surface area contributed by atoms with E-state index in [1.807, 2.05) is 0 Å². The van der Waals surface area contributed by atoms with Crippen molar-refractivity contribution in [2.45, 2.75) is 79.1 Å². The van der Waals surface area contributed by atoms with Gasteiger partial charge in [-0.3, -0.25) is 0 Å². The smallest absolute Gasteiger partial charge is 0.0321 e. The molecule has 0 aromatic carbocycles. The molecule has 0 amide bonds. The number of rotatable bonds is 8. The van der Waals surface area contributed by atoms with Crippen LogP contribution < -0.4 is 0 Å². The second kappa shape index (κ2) is 9.30. The van der Waals surface area contributed by atoms with E-state index in [4.69, 9.17) is 0 Å². The van der Waals surface area contributed by atoms with Crippen molar-refractivity contribution in [1.29, 1.82) is 0 Å². The molecule has 0 saturated heterocycles. The van der Waals surface area contributed by atoms with Crippen LogP contribution in [0.25, 0.3) is 0 Å². The van der Waals surface area contributed by atoms with Gasteiger partial charge in [-0.15, -0.1) is 0 Å². The molecule has 0 aliphatic heterocycles. The van der Waals surface area contributed by atoms with Gasteiger partial charge in [-0.1, -0.05) is 56.6 Å². The average molecular weight is 196 g/mol. The predicted molar refractivity (Wildman–Crippen MR) is 66.7 cm³/mol. The molecule has 0 bridgehead atoms. The van der Waals surface area contributed by atoms with Crippen LogP contribution in [0.2, 0.25) is 0 Å². The first-order chi connectivity index (χ1) is 6.68. The van der Waals surface area contributed by atoms with Gasteiger partial charge >= 0.3 is 0 Å². The second-order valence-electron chi connectivity index (χ2n) is 4.65. The Kier molecular flexibility index (Phi) is 9.13. The Labute approximate surface area is 90.8 Å². The number of hydrogen-bond acceptors (Lipinski definition) is 0. The highest BCUT2D eigenvalue weighted by atomic mass is 14.0. The molecule has 0 spiro atoms. The highest BCUT2D eigenvalue weighted by molar-refractivity contribution is 5.06. The third-order valence-corrected chi connectivity index (χ3v) is 3.01. The lowest BCUT2D eigenvalue weighted by atomic mass is 10.0. The topological polar surface area (TPSA) is 0 Å². The summed E-state index contributed by atoms with van der Waals surface area (Å²) in [5, 5.41) is 0. The molecular weight excluding hydrogens is 168 g/mol. The molecule has 0 N–H and O–H groups in total. The monoisotopic (exact) mass is 196 g/mol. The fourth-order valence-electron chi connectivity index (χ4n) is 1.60. The molecule has 0 nitrogen and oxygen atoms in total. The quantitative estimate of drug-likeness (QED) is 0.356. The van der Waals surface area contributed by atoms with Gasteiger partial charge in [-0.05, 0) is 33.6 Å². The largest absolute Gasteiger partial charge is 0.0775 e. The normalized spacial score (nSPS) is 10.3. The third kappa shape index (κ3) is 8.34. The van der Waals surface area contributed by atoms with E-state index < -0.39 is 0 Å². The van der Waals surface area contributed by atoms with Crippen LogP contribution in [0.15, 0.2) is 11.1 Å². The minimum atomic E-state index is 1.32. The number of hydrogen-bond donors (Lipinski definition) is 0. The summed E-state index contributed by atoms with van der Waals surface area (Å²) < 4.78 is 0. The lowest BCUT2D eigenvalue weighted by Gasteiger charge is -2.03. The first kappa shape index (κ1) is 13.7. The van der Waals surface area contributed by atoms with E-state index in [2.05, 4.69) is 27.7 Å². The average Bonchev–Trinajstić information content (AvgIpc) is 2.16. The van der Waals surface area contributed by atoms with E-state index in [1.54, 1.807) is 5.57 Å². The molecule has 0 rings (SSSR count). The summed E-state index contributed by atoms with van der Waals surface area (Å²) >= 11 is 0. The van der Waals surface area contributed by atoms with Gasteiger partial charge in [-0.2, -0.15) is 0 Å². The van der Waals surface area contributed by atoms with Crippen molar-refractivity contribution in [2.24, 2.45) is 0 Å². The number of allylic oxidation sites excluding steroid dienone is 2. The number of unbranched alkanes of at least 4 members (excludes halogenated alkanes) is 6. The van der Waals surface area contributed by atoms with Crippen LogP contribution >= 0.6 is 0 Å². The van der Waals surface area contributed by atoms with Gasteiger partial charge in [0.25, 0.3) is 0 Å². The maximum absolute atomic E-state index is 2.28. The van der Waals surface area contributed by atoms with Gasteiger partial charge < -0.3 is 0 Å². The highest BCUT2D eigenvalue weighted by Crippen LogP contribution is 2.14. The lowest BCUT2D eigenvalue weighted by Crippen LogP contribution is -1.83. The Balaban J connectivity index is 3.18. The van der Waals surface area contributed by atoms with Gasteiger partial charge in [0.05, 0.1) is 0 Å². The molecule has 0 heterocycles. The minimum absolute atomic E-state index is 1.32. The summed E-state index contributed by atoms with van der Waals surface area (Å²) in [6.07, 6.45) is 11.2. The molecule has 0 radical (unpaired) electrons. The van der Waals surface area contributed by atoms with Crippen LogP contribution in [0, 0.1) is 0 Å². The first-order valence-corrected chi connectivity index (χ1v) is 6.31. The van der Waals surface area contributed by atoms with Gasteiger partial charge in [0.1, 0.15) is 0 Å². The highest BCUT2D eigenvalue weighted by Gasteiger charge is 1.94. The molecule has 0 aromatic rings. The molecule has 14 heavy (non-hydrogen) atoms. The van der Waals surface area contributed by atoms with Crippen molar-refractivity contribution in [1.82, 2.24) is 0 Å². The summed E-state index contributed by atoms with van der Waals surface area (Å²) in [4.78, 5) is 0. The molecule has 84 valence electrons. The zero-order chi connectivity index (χ0) is 10.8. The standard InChI is InChI=1S/C14H28/c1-5-6-7-8-9-10-11-12-14(4)13(2)3/h5-12H2,1-4H3. The fourth-order valence-corrected chi connectivity index (χ4v) is 1.60. The Morgan fingerprint density at radius 2 is 1.21 bits per heavy atom. The maximum Gasteiger partial charge on any atom is -0.0321 e. The zero-order valence-corrected chi connectivity index (χ0v) is 10.7. The van der Waals surface area contributed by atoms with Gasteiger partial charge in [0, 0.05) is 0 Å². The van der Waals surface area contributed by atoms with Crippen LogP contribution in [0.4, 0.5) is 0 Å². The molecule has 0 aliphatic rings. The van der Waals surface area contributed by atoms with Crippen LogP contribution in [-0.4, -0.2) is 0 Å². The van der Waals surface area contributed by atoms with E-state index in [9.17, 15) is 0 Å². The van der Waals surface area contributed by atoms with Crippen LogP contribution in [-0.2, 0) is 0 Å². The Bertz CT molecular complexity index is 149. The first-order valence-electron chi connectivity index (χ1n) is 6.31. The van der Waals surface area contributed by atoms with Crippen LogP contribution in [0.3, 0.4) is 0 Å². The maximum atomic E-state index is 2.28. The van der Waals surface area contributed by atoms with Crippen molar-refractivity contribution < 1.29 is 0 Å². The van der Waals surface area contributed by atoms with Crippen LogP contribution in [0.1, 0.15) is 79.1 Å². The zero-order valence-electron chi connectivity index (χ0n) is 10.7. The van der Waals surface area contributed by atoms with Crippen molar-refractivity contribution in [3.8, 4) is 0 Å². The lowest BCUT2D eigenvalue weighted by molar-refractivity contribution is 0.588. The van der Waals surface area contributed by atoms with Crippen LogP contribution in [0.5, 0.6) is 0 Å². The van der Waals surface area contributed by atoms with Crippen molar-refractivity contribution in [3.63, 3.8) is 0 Å². The molecule has 0 heteroatoms. The minimum Gasteiger partial charge on any atom is -0.0775 e. The summed E-state index contributed by atoms with van der Waals surface area (Å²) in [5.41, 5.74) is 3.11. The summed E-state index contributed by atoms with van der Waals surface area (Å²) in [6.45, 7) is 8.98. The van der Waals surface area contributed by atoms with Gasteiger partial charge in [0.2, 0.25) is 0 Å². The fraction of sp³-hybridized carbons (Fsp3) is 0.857. The molecular formula is C14H28. The van der Waals surface area contributed by atoms with Crippen molar-refractivity contribution in [3.05, 3.63) is 11.1 Å². The van der Waals surface area contributed by atoms with E-state index in [1.165, 1.54) is 56.9 Å². The summed E-state index contributed by atoms with van der Waals surface area (Å²) in [6, 6.07) is 0. The van der Waals surface area contributed by atoms with E-state index in [0.717, 1.165) is 0 Å². The molecule has 0 fully saturated rings. The van der Waals surface area contributed by atoms with E-state index >= 15 is 0 Å². The molecule has 0 atom stereocenters. The summed E-state index contributed by atoms with van der Waals surface area (Å²) in [5.74, 6) is 0. The van der Waals surface area contributed by atoms with E-state index in [0.29, 0.717) is 0 Å². The predicted octanol–water partition coefficient (Wildman–Crippen LogP) is 5.48. The molecule has 0 aromatic heterocycles. The van der Waals surface area contributed by atoms with Gasteiger partial charge in [-0.25, -0.2) is 0 Å². The van der Waals surface area contributed by atoms with Crippen molar-refractivity contribution in [2.75, 3.05) is 0 Å². The summed E-state index contributed by atoms with van der Waals surface area (Å²) in [7, 11) is 0. The Morgan fingerprint density at radius 3 is 1.71 bits per heavy atom. The second-order valence-corrected chi connectivity index (χ2v) is 4.65. The van der Waals surface area contributed by atoms with E-state index in [-0.39, 0.29) is 0 Å². The third-order valence-electron chi connectivity index (χ3n) is 3.01. The molecule has 0 unspecified atom stereocenters. The Hall–Kier alpha value is -0.260.